The molecule has 0 aliphatic carbocycles. The second-order valence-corrected chi connectivity index (χ2v) is 4.16. The van der Waals surface area contributed by atoms with Gasteiger partial charge in [0.15, 0.2) is 5.78 Å². The number of nitriles is 1. The van der Waals surface area contributed by atoms with Crippen LogP contribution in [-0.2, 0) is 0 Å². The minimum atomic E-state index is 0.0113. The molecular formula is C16H13NO2. The van der Waals surface area contributed by atoms with Gasteiger partial charge < -0.3 is 4.74 Å². The van der Waals surface area contributed by atoms with Crippen molar-refractivity contribution in [3.8, 4) is 22.9 Å². The van der Waals surface area contributed by atoms with Crippen LogP contribution >= 0.6 is 0 Å². The highest BCUT2D eigenvalue weighted by Crippen LogP contribution is 2.31. The van der Waals surface area contributed by atoms with Gasteiger partial charge in [-0.15, -0.1) is 0 Å². The minimum Gasteiger partial charge on any atom is -0.496 e. The number of ketones is 1. The monoisotopic (exact) mass is 251 g/mol. The van der Waals surface area contributed by atoms with E-state index in [0.717, 1.165) is 11.1 Å². The van der Waals surface area contributed by atoms with E-state index in [-0.39, 0.29) is 5.78 Å². The number of benzene rings is 2. The molecule has 0 fully saturated rings. The Morgan fingerprint density at radius 1 is 1.21 bits per heavy atom. The normalized spacial score (nSPS) is 9.74. The van der Waals surface area contributed by atoms with Gasteiger partial charge >= 0.3 is 0 Å². The molecule has 2 rings (SSSR count). The summed E-state index contributed by atoms with van der Waals surface area (Å²) in [4.78, 5) is 11.4. The first-order chi connectivity index (χ1) is 9.15. The Labute approximate surface area is 112 Å². The molecule has 0 aliphatic rings. The first kappa shape index (κ1) is 12.8. The molecule has 0 atom stereocenters. The second kappa shape index (κ2) is 5.36. The van der Waals surface area contributed by atoms with E-state index >= 15 is 0 Å². The fraction of sp³-hybridized carbons (Fsp3) is 0.125. The van der Waals surface area contributed by atoms with Gasteiger partial charge in [0, 0.05) is 11.1 Å². The van der Waals surface area contributed by atoms with Crippen molar-refractivity contribution in [3.05, 3.63) is 53.6 Å². The fourth-order valence-corrected chi connectivity index (χ4v) is 1.91. The molecule has 0 saturated carbocycles. The number of hydrogen-bond acceptors (Lipinski definition) is 3. The van der Waals surface area contributed by atoms with Gasteiger partial charge in [-0.3, -0.25) is 4.79 Å². The zero-order valence-corrected chi connectivity index (χ0v) is 10.8. The molecule has 0 aliphatic heterocycles. The quantitative estimate of drug-likeness (QED) is 0.785. The van der Waals surface area contributed by atoms with Crippen LogP contribution in [0.15, 0.2) is 42.5 Å². The molecule has 94 valence electrons. The van der Waals surface area contributed by atoms with E-state index in [1.807, 2.05) is 12.1 Å². The molecule has 3 heteroatoms. The number of rotatable bonds is 3. The average Bonchev–Trinajstić information content (AvgIpc) is 2.46. The average molecular weight is 251 g/mol. The van der Waals surface area contributed by atoms with E-state index < -0.39 is 0 Å². The van der Waals surface area contributed by atoms with Crippen LogP contribution < -0.4 is 4.74 Å². The lowest BCUT2D eigenvalue weighted by atomic mass is 9.99. The van der Waals surface area contributed by atoms with Gasteiger partial charge in [0.25, 0.3) is 0 Å². The third-order valence-corrected chi connectivity index (χ3v) is 2.91. The van der Waals surface area contributed by atoms with Crippen LogP contribution in [0.3, 0.4) is 0 Å². The lowest BCUT2D eigenvalue weighted by Gasteiger charge is -2.09. The van der Waals surface area contributed by atoms with Crippen molar-refractivity contribution >= 4 is 5.78 Å². The molecule has 2 aromatic rings. The Hall–Kier alpha value is -2.60. The Morgan fingerprint density at radius 2 is 2.00 bits per heavy atom. The summed E-state index contributed by atoms with van der Waals surface area (Å²) in [6.07, 6.45) is 0. The van der Waals surface area contributed by atoms with Gasteiger partial charge in [-0.25, -0.2) is 0 Å². The Bertz CT molecular complexity index is 669. The van der Waals surface area contributed by atoms with Crippen LogP contribution in [-0.4, -0.2) is 12.9 Å². The molecule has 0 bridgehead atoms. The number of Topliss-reactive ketones (excluding diaryl/α,β-unsaturated/α-hetero) is 1. The van der Waals surface area contributed by atoms with E-state index in [0.29, 0.717) is 16.9 Å². The number of ether oxygens (including phenoxy) is 1. The highest BCUT2D eigenvalue weighted by Gasteiger charge is 2.09. The molecule has 0 N–H and O–H groups in total. The smallest absolute Gasteiger partial charge is 0.159 e. The zero-order chi connectivity index (χ0) is 13.8. The molecule has 0 spiro atoms. The summed E-state index contributed by atoms with van der Waals surface area (Å²) < 4.78 is 5.31. The molecule has 0 unspecified atom stereocenters. The molecule has 2 aromatic carbocycles. The van der Waals surface area contributed by atoms with Crippen LogP contribution in [0.5, 0.6) is 5.75 Å². The van der Waals surface area contributed by atoms with E-state index in [1.165, 1.54) is 6.92 Å². The molecule has 3 nitrogen and oxygen atoms in total. The number of carbonyl (C=O) groups excluding carboxylic acids is 1. The van der Waals surface area contributed by atoms with E-state index in [2.05, 4.69) is 6.07 Å². The Balaban J connectivity index is 2.60. The fourth-order valence-electron chi connectivity index (χ4n) is 1.91. The van der Waals surface area contributed by atoms with Crippen molar-refractivity contribution in [1.82, 2.24) is 0 Å². The summed E-state index contributed by atoms with van der Waals surface area (Å²) in [5.41, 5.74) is 2.87. The Morgan fingerprint density at radius 3 is 2.63 bits per heavy atom. The SMILES string of the molecule is COc1ccc(C#N)cc1-c1cccc(C(C)=O)c1. The number of hydrogen-bond donors (Lipinski definition) is 0. The van der Waals surface area contributed by atoms with Crippen LogP contribution in [0.4, 0.5) is 0 Å². The maximum absolute atomic E-state index is 11.4. The van der Waals surface area contributed by atoms with Crippen LogP contribution in [0, 0.1) is 11.3 Å². The van der Waals surface area contributed by atoms with Gasteiger partial charge in [-0.2, -0.15) is 5.26 Å². The molecule has 0 heterocycles. The van der Waals surface area contributed by atoms with Crippen molar-refractivity contribution in [2.45, 2.75) is 6.92 Å². The largest absolute Gasteiger partial charge is 0.496 e. The molecule has 0 saturated heterocycles. The first-order valence-corrected chi connectivity index (χ1v) is 5.85. The summed E-state index contributed by atoms with van der Waals surface area (Å²) in [6.45, 7) is 1.53. The molecule has 0 radical (unpaired) electrons. The van der Waals surface area contributed by atoms with Crippen molar-refractivity contribution < 1.29 is 9.53 Å². The molecule has 19 heavy (non-hydrogen) atoms. The Kier molecular flexibility index (Phi) is 3.63. The first-order valence-electron chi connectivity index (χ1n) is 5.85. The summed E-state index contributed by atoms with van der Waals surface area (Å²) in [7, 11) is 1.58. The van der Waals surface area contributed by atoms with Crippen molar-refractivity contribution in [2.24, 2.45) is 0 Å². The highest BCUT2D eigenvalue weighted by atomic mass is 16.5. The van der Waals surface area contributed by atoms with Crippen LogP contribution in [0.2, 0.25) is 0 Å². The summed E-state index contributed by atoms with van der Waals surface area (Å²) in [5, 5.41) is 8.97. The number of methoxy groups -OCH3 is 1. The van der Waals surface area contributed by atoms with Gasteiger partial charge in [0.05, 0.1) is 18.7 Å². The third kappa shape index (κ3) is 2.63. The third-order valence-electron chi connectivity index (χ3n) is 2.91. The van der Waals surface area contributed by atoms with E-state index in [4.69, 9.17) is 10.00 Å². The summed E-state index contributed by atoms with van der Waals surface area (Å²) in [6, 6.07) is 14.6. The van der Waals surface area contributed by atoms with Crippen molar-refractivity contribution in [3.63, 3.8) is 0 Å². The van der Waals surface area contributed by atoms with Crippen molar-refractivity contribution in [2.75, 3.05) is 7.11 Å². The molecule has 0 aromatic heterocycles. The maximum Gasteiger partial charge on any atom is 0.159 e. The number of carbonyl (C=O) groups is 1. The topological polar surface area (TPSA) is 50.1 Å². The molecular weight excluding hydrogens is 238 g/mol. The highest BCUT2D eigenvalue weighted by molar-refractivity contribution is 5.95. The second-order valence-electron chi connectivity index (χ2n) is 4.16. The van der Waals surface area contributed by atoms with Gasteiger partial charge in [0.2, 0.25) is 0 Å². The standard InChI is InChI=1S/C16H13NO2/c1-11(18)13-4-3-5-14(9-13)15-8-12(10-17)6-7-16(15)19-2/h3-9H,1-2H3. The van der Waals surface area contributed by atoms with E-state index in [9.17, 15) is 4.79 Å². The van der Waals surface area contributed by atoms with Gasteiger partial charge in [0.1, 0.15) is 5.75 Å². The predicted octanol–water partition coefficient (Wildman–Crippen LogP) is 3.44. The zero-order valence-electron chi connectivity index (χ0n) is 10.8. The van der Waals surface area contributed by atoms with Crippen molar-refractivity contribution in [1.29, 1.82) is 5.26 Å². The molecule has 0 amide bonds. The maximum atomic E-state index is 11.4. The predicted molar refractivity (Wildman–Crippen MR) is 73.1 cm³/mol. The van der Waals surface area contributed by atoms with Crippen LogP contribution in [0.1, 0.15) is 22.8 Å². The number of nitrogens with zero attached hydrogens (tertiary/aromatic N) is 1. The summed E-state index contributed by atoms with van der Waals surface area (Å²) in [5.74, 6) is 0.692. The van der Waals surface area contributed by atoms with E-state index in [1.54, 1.807) is 37.4 Å². The lowest BCUT2D eigenvalue weighted by molar-refractivity contribution is 0.101. The van der Waals surface area contributed by atoms with Gasteiger partial charge in [-0.05, 0) is 36.8 Å². The summed E-state index contributed by atoms with van der Waals surface area (Å²) >= 11 is 0. The van der Waals surface area contributed by atoms with Crippen LogP contribution in [0.25, 0.3) is 11.1 Å². The van der Waals surface area contributed by atoms with Gasteiger partial charge in [-0.1, -0.05) is 18.2 Å². The minimum absolute atomic E-state index is 0.0113. The lowest BCUT2D eigenvalue weighted by Crippen LogP contribution is -1.93.